The van der Waals surface area contributed by atoms with Gasteiger partial charge in [0.05, 0.1) is 22.1 Å². The van der Waals surface area contributed by atoms with Crippen molar-refractivity contribution in [3.8, 4) is 0 Å². The maximum atomic E-state index is 4.48. The first-order valence-electron chi connectivity index (χ1n) is 7.24. The standard InChI is InChI=1S/C16H15N7/c1-22-13-9-5-3-7-11(13)17-15(22)19-21-20-16-18-12-8-4-6-10-14(12)23(16)2/h3-10H,1-2H3,(H,17,18,19,20). The average Bonchev–Trinajstić information content (AvgIpc) is 3.07. The van der Waals surface area contributed by atoms with Gasteiger partial charge in [0, 0.05) is 14.1 Å². The lowest BCUT2D eigenvalue weighted by molar-refractivity contribution is 0.891. The van der Waals surface area contributed by atoms with Gasteiger partial charge in [0.1, 0.15) is 0 Å². The predicted molar refractivity (Wildman–Crippen MR) is 89.6 cm³/mol. The fraction of sp³-hybridized carbons (Fsp3) is 0.125. The number of nitrogens with one attached hydrogen (secondary N) is 1. The summed E-state index contributed by atoms with van der Waals surface area (Å²) < 4.78 is 3.83. The van der Waals surface area contributed by atoms with Crippen molar-refractivity contribution in [3.05, 3.63) is 48.5 Å². The van der Waals surface area contributed by atoms with Gasteiger partial charge in [0.2, 0.25) is 5.95 Å². The Bertz CT molecular complexity index is 1030. The highest BCUT2D eigenvalue weighted by Gasteiger charge is 2.07. The Morgan fingerprint density at radius 1 is 0.826 bits per heavy atom. The molecule has 2 heterocycles. The van der Waals surface area contributed by atoms with E-state index < -0.39 is 0 Å². The quantitative estimate of drug-likeness (QED) is 0.464. The predicted octanol–water partition coefficient (Wildman–Crippen LogP) is 3.57. The van der Waals surface area contributed by atoms with Crippen LogP contribution in [0.5, 0.6) is 0 Å². The van der Waals surface area contributed by atoms with Crippen molar-refractivity contribution in [2.75, 3.05) is 5.43 Å². The lowest BCUT2D eigenvalue weighted by Crippen LogP contribution is -1.97. The Morgan fingerprint density at radius 3 is 2.09 bits per heavy atom. The number of anilines is 1. The fourth-order valence-electron chi connectivity index (χ4n) is 2.58. The smallest absolute Gasteiger partial charge is 0.251 e. The van der Waals surface area contributed by atoms with Gasteiger partial charge in [0.25, 0.3) is 5.95 Å². The van der Waals surface area contributed by atoms with Crippen LogP contribution in [-0.4, -0.2) is 19.1 Å². The molecule has 0 unspecified atom stereocenters. The second-order valence-corrected chi connectivity index (χ2v) is 5.25. The highest BCUT2D eigenvalue weighted by atomic mass is 15.5. The normalized spacial score (nSPS) is 11.7. The van der Waals surface area contributed by atoms with Gasteiger partial charge in [-0.15, -0.1) is 0 Å². The minimum absolute atomic E-state index is 0.539. The monoisotopic (exact) mass is 305 g/mol. The zero-order valence-corrected chi connectivity index (χ0v) is 12.8. The molecule has 0 saturated heterocycles. The SMILES string of the molecule is Cn1c(N=NNc2nc3ccccc3n2C)nc2ccccc21. The lowest BCUT2D eigenvalue weighted by atomic mass is 10.3. The molecule has 23 heavy (non-hydrogen) atoms. The summed E-state index contributed by atoms with van der Waals surface area (Å²) in [5.41, 5.74) is 6.74. The van der Waals surface area contributed by atoms with E-state index >= 15 is 0 Å². The zero-order valence-electron chi connectivity index (χ0n) is 12.8. The molecule has 0 aliphatic carbocycles. The molecule has 4 aromatic rings. The molecule has 0 fully saturated rings. The van der Waals surface area contributed by atoms with Crippen LogP contribution in [0.15, 0.2) is 58.9 Å². The first-order valence-corrected chi connectivity index (χ1v) is 7.24. The first-order chi connectivity index (χ1) is 11.2. The van der Waals surface area contributed by atoms with Crippen LogP contribution in [-0.2, 0) is 14.1 Å². The zero-order chi connectivity index (χ0) is 15.8. The molecule has 7 heteroatoms. The third-order valence-corrected chi connectivity index (χ3v) is 3.84. The number of aromatic nitrogens is 4. The number of para-hydroxylation sites is 4. The Kier molecular flexibility index (Phi) is 3.04. The van der Waals surface area contributed by atoms with Crippen LogP contribution < -0.4 is 5.43 Å². The molecule has 4 rings (SSSR count). The van der Waals surface area contributed by atoms with Gasteiger partial charge < -0.3 is 9.13 Å². The Hall–Kier alpha value is -3.22. The molecule has 2 aromatic carbocycles. The maximum absolute atomic E-state index is 4.48. The van der Waals surface area contributed by atoms with E-state index in [1.165, 1.54) is 0 Å². The Morgan fingerprint density at radius 2 is 1.43 bits per heavy atom. The molecule has 2 aromatic heterocycles. The summed E-state index contributed by atoms with van der Waals surface area (Å²) >= 11 is 0. The molecule has 0 aliphatic rings. The molecule has 0 spiro atoms. The van der Waals surface area contributed by atoms with Crippen molar-refractivity contribution >= 4 is 34.0 Å². The number of imidazole rings is 2. The fourth-order valence-corrected chi connectivity index (χ4v) is 2.58. The van der Waals surface area contributed by atoms with Gasteiger partial charge in [-0.25, -0.2) is 15.4 Å². The number of hydrogen-bond donors (Lipinski definition) is 1. The highest BCUT2D eigenvalue weighted by Crippen LogP contribution is 2.21. The summed E-state index contributed by atoms with van der Waals surface area (Å²) in [4.78, 5) is 8.92. The minimum Gasteiger partial charge on any atom is -0.312 e. The van der Waals surface area contributed by atoms with Crippen molar-refractivity contribution in [3.63, 3.8) is 0 Å². The van der Waals surface area contributed by atoms with Gasteiger partial charge in [-0.3, -0.25) is 0 Å². The molecule has 0 atom stereocenters. The molecule has 7 nitrogen and oxygen atoms in total. The van der Waals surface area contributed by atoms with Crippen LogP contribution in [0.1, 0.15) is 0 Å². The lowest BCUT2D eigenvalue weighted by Gasteiger charge is -1.99. The molecule has 114 valence electrons. The molecule has 1 N–H and O–H groups in total. The summed E-state index contributed by atoms with van der Waals surface area (Å²) in [7, 11) is 3.85. The largest absolute Gasteiger partial charge is 0.312 e. The molecular weight excluding hydrogens is 290 g/mol. The van der Waals surface area contributed by atoms with Crippen LogP contribution >= 0.6 is 0 Å². The van der Waals surface area contributed by atoms with Crippen LogP contribution in [0.3, 0.4) is 0 Å². The third-order valence-electron chi connectivity index (χ3n) is 3.84. The topological polar surface area (TPSA) is 72.4 Å². The van der Waals surface area contributed by atoms with E-state index in [1.54, 1.807) is 0 Å². The van der Waals surface area contributed by atoms with E-state index in [1.807, 2.05) is 71.8 Å². The second kappa shape index (κ2) is 5.20. The summed E-state index contributed by atoms with van der Waals surface area (Å²) in [6.45, 7) is 0. The van der Waals surface area contributed by atoms with E-state index in [-0.39, 0.29) is 0 Å². The van der Waals surface area contributed by atoms with Gasteiger partial charge in [-0.1, -0.05) is 34.6 Å². The van der Waals surface area contributed by atoms with Crippen molar-refractivity contribution < 1.29 is 0 Å². The summed E-state index contributed by atoms with van der Waals surface area (Å²) in [5, 5.41) is 8.19. The van der Waals surface area contributed by atoms with Crippen LogP contribution in [0, 0.1) is 0 Å². The van der Waals surface area contributed by atoms with Crippen molar-refractivity contribution in [1.82, 2.24) is 19.1 Å². The van der Waals surface area contributed by atoms with Crippen molar-refractivity contribution in [2.24, 2.45) is 24.4 Å². The Labute approximate surface area is 132 Å². The summed E-state index contributed by atoms with van der Waals surface area (Å²) in [5.74, 6) is 1.17. The third kappa shape index (κ3) is 2.22. The highest BCUT2D eigenvalue weighted by molar-refractivity contribution is 5.78. The van der Waals surface area contributed by atoms with E-state index in [0.717, 1.165) is 22.1 Å². The summed E-state index contributed by atoms with van der Waals surface area (Å²) in [6.07, 6.45) is 0. The maximum Gasteiger partial charge on any atom is 0.251 e. The minimum atomic E-state index is 0.539. The second-order valence-electron chi connectivity index (χ2n) is 5.25. The van der Waals surface area contributed by atoms with Gasteiger partial charge in [-0.05, 0) is 24.3 Å². The number of fused-ring (bicyclic) bond motifs is 2. The number of benzene rings is 2. The number of rotatable bonds is 3. The molecule has 0 radical (unpaired) electrons. The van der Waals surface area contributed by atoms with E-state index in [9.17, 15) is 0 Å². The molecule has 0 bridgehead atoms. The molecule has 0 aliphatic heterocycles. The van der Waals surface area contributed by atoms with Gasteiger partial charge in [0.15, 0.2) is 0 Å². The first kappa shape index (κ1) is 13.4. The average molecular weight is 305 g/mol. The van der Waals surface area contributed by atoms with Crippen LogP contribution in [0.2, 0.25) is 0 Å². The van der Waals surface area contributed by atoms with E-state index in [0.29, 0.717) is 11.9 Å². The molecule has 0 amide bonds. The van der Waals surface area contributed by atoms with E-state index in [2.05, 4.69) is 25.7 Å². The molecule has 0 saturated carbocycles. The van der Waals surface area contributed by atoms with Crippen LogP contribution in [0.4, 0.5) is 11.9 Å². The van der Waals surface area contributed by atoms with Crippen molar-refractivity contribution in [2.45, 2.75) is 0 Å². The van der Waals surface area contributed by atoms with Gasteiger partial charge in [-0.2, -0.15) is 0 Å². The number of hydrogen-bond acceptors (Lipinski definition) is 4. The van der Waals surface area contributed by atoms with E-state index in [4.69, 9.17) is 0 Å². The summed E-state index contributed by atoms with van der Waals surface area (Å²) in [6, 6.07) is 15.8. The van der Waals surface area contributed by atoms with Crippen LogP contribution in [0.25, 0.3) is 22.1 Å². The molecular formula is C16H15N7. The number of aryl methyl sites for hydroxylation is 2. The number of nitrogens with zero attached hydrogens (tertiary/aromatic N) is 6. The Balaban J connectivity index is 1.63. The van der Waals surface area contributed by atoms with Gasteiger partial charge >= 0.3 is 0 Å². The van der Waals surface area contributed by atoms with Crippen molar-refractivity contribution in [1.29, 1.82) is 0 Å².